The maximum Gasteiger partial charge on any atom is 0.234 e. The number of rotatable bonds is 2. The van der Waals surface area contributed by atoms with Crippen LogP contribution in [-0.2, 0) is 5.41 Å². The molecule has 2 aromatic rings. The Morgan fingerprint density at radius 3 is 2.89 bits per heavy atom. The molecule has 1 atom stereocenters. The molecule has 1 aliphatic heterocycles. The van der Waals surface area contributed by atoms with E-state index in [1.54, 1.807) is 0 Å². The van der Waals surface area contributed by atoms with Crippen LogP contribution in [-0.4, -0.2) is 28.2 Å². The molecule has 2 aromatic heterocycles. The molecule has 1 unspecified atom stereocenters. The number of nitrogens with one attached hydrogen (secondary N) is 1. The average molecular weight is 258 g/mol. The third-order valence-corrected chi connectivity index (χ3v) is 3.74. The maximum atomic E-state index is 5.45. The van der Waals surface area contributed by atoms with Crippen LogP contribution in [0.1, 0.15) is 30.4 Å². The van der Waals surface area contributed by atoms with Crippen LogP contribution in [0.3, 0.4) is 0 Å². The van der Waals surface area contributed by atoms with Crippen LogP contribution in [0.5, 0.6) is 0 Å². The zero-order valence-electron chi connectivity index (χ0n) is 11.5. The van der Waals surface area contributed by atoms with Crippen LogP contribution in [0.25, 0.3) is 11.5 Å². The van der Waals surface area contributed by atoms with Gasteiger partial charge in [0.15, 0.2) is 0 Å². The summed E-state index contributed by atoms with van der Waals surface area (Å²) in [6.45, 7) is 8.07. The van der Waals surface area contributed by atoms with Gasteiger partial charge in [-0.1, -0.05) is 11.2 Å². The Labute approximate surface area is 112 Å². The van der Waals surface area contributed by atoms with Crippen LogP contribution in [0.15, 0.2) is 16.8 Å². The first-order valence-electron chi connectivity index (χ1n) is 6.57. The quantitative estimate of drug-likeness (QED) is 0.892. The Balaban J connectivity index is 1.97. The van der Waals surface area contributed by atoms with E-state index in [4.69, 9.17) is 4.52 Å². The predicted molar refractivity (Wildman–Crippen MR) is 71.8 cm³/mol. The number of hydrogen-bond acceptors (Lipinski definition) is 5. The van der Waals surface area contributed by atoms with E-state index >= 15 is 0 Å². The van der Waals surface area contributed by atoms with Gasteiger partial charge in [0.2, 0.25) is 11.7 Å². The topological polar surface area (TPSA) is 63.8 Å². The van der Waals surface area contributed by atoms with Gasteiger partial charge in [-0.3, -0.25) is 4.98 Å². The Morgan fingerprint density at radius 2 is 2.21 bits per heavy atom. The van der Waals surface area contributed by atoms with E-state index < -0.39 is 0 Å². The molecule has 3 heterocycles. The van der Waals surface area contributed by atoms with Crippen molar-refractivity contribution >= 4 is 0 Å². The van der Waals surface area contributed by atoms with Crippen molar-refractivity contribution in [1.82, 2.24) is 20.4 Å². The van der Waals surface area contributed by atoms with Gasteiger partial charge in [-0.15, -0.1) is 0 Å². The van der Waals surface area contributed by atoms with E-state index in [0.29, 0.717) is 11.7 Å². The third kappa shape index (κ3) is 2.14. The van der Waals surface area contributed by atoms with Crippen LogP contribution in [0.4, 0.5) is 0 Å². The van der Waals surface area contributed by atoms with Crippen LogP contribution in [0, 0.1) is 13.8 Å². The van der Waals surface area contributed by atoms with Crippen molar-refractivity contribution in [2.75, 3.05) is 13.1 Å². The molecule has 0 aromatic carbocycles. The zero-order valence-corrected chi connectivity index (χ0v) is 11.5. The van der Waals surface area contributed by atoms with Crippen molar-refractivity contribution in [1.29, 1.82) is 0 Å². The van der Waals surface area contributed by atoms with Gasteiger partial charge in [-0.05, 0) is 44.9 Å². The van der Waals surface area contributed by atoms with Crippen molar-refractivity contribution in [3.63, 3.8) is 0 Å². The minimum absolute atomic E-state index is 0.0517. The molecule has 100 valence electrons. The van der Waals surface area contributed by atoms with E-state index in [2.05, 4.69) is 33.4 Å². The Kier molecular flexibility index (Phi) is 2.86. The van der Waals surface area contributed by atoms with Crippen molar-refractivity contribution < 1.29 is 4.52 Å². The van der Waals surface area contributed by atoms with Crippen molar-refractivity contribution in [3.05, 3.63) is 29.3 Å². The van der Waals surface area contributed by atoms with Gasteiger partial charge in [0.05, 0.1) is 5.41 Å². The van der Waals surface area contributed by atoms with Crippen LogP contribution < -0.4 is 5.32 Å². The highest BCUT2D eigenvalue weighted by molar-refractivity contribution is 5.54. The molecule has 0 saturated carbocycles. The molecular weight excluding hydrogens is 240 g/mol. The average Bonchev–Trinajstić information content (AvgIpc) is 2.99. The molecule has 1 aliphatic rings. The molecule has 19 heavy (non-hydrogen) atoms. The lowest BCUT2D eigenvalue weighted by molar-refractivity contribution is 0.306. The summed E-state index contributed by atoms with van der Waals surface area (Å²) in [6.07, 6.45) is 2.85. The highest BCUT2D eigenvalue weighted by Crippen LogP contribution is 2.30. The van der Waals surface area contributed by atoms with Crippen molar-refractivity contribution in [2.45, 2.75) is 32.6 Å². The van der Waals surface area contributed by atoms with Crippen molar-refractivity contribution in [3.8, 4) is 11.5 Å². The highest BCUT2D eigenvalue weighted by Gasteiger charge is 2.36. The maximum absolute atomic E-state index is 5.45. The lowest BCUT2D eigenvalue weighted by Crippen LogP contribution is -2.25. The Hall–Kier alpha value is -1.75. The summed E-state index contributed by atoms with van der Waals surface area (Å²) in [5.41, 5.74) is 2.96. The SMILES string of the molecule is Cc1cnc(-c2noc(C3(C)CCNC3)n2)c(C)c1. The minimum Gasteiger partial charge on any atom is -0.338 e. The summed E-state index contributed by atoms with van der Waals surface area (Å²) in [4.78, 5) is 8.95. The van der Waals surface area contributed by atoms with E-state index in [0.717, 1.165) is 36.3 Å². The van der Waals surface area contributed by atoms with Crippen LogP contribution >= 0.6 is 0 Å². The molecule has 0 aliphatic carbocycles. The standard InChI is InChI=1S/C14H18N4O/c1-9-6-10(2)11(16-7-9)12-17-13(19-18-12)14(3)4-5-15-8-14/h6-7,15H,4-5,8H2,1-3H3. The van der Waals surface area contributed by atoms with Gasteiger partial charge >= 0.3 is 0 Å². The monoisotopic (exact) mass is 258 g/mol. The largest absolute Gasteiger partial charge is 0.338 e. The lowest BCUT2D eigenvalue weighted by Gasteiger charge is -2.15. The smallest absolute Gasteiger partial charge is 0.234 e. The number of pyridine rings is 1. The van der Waals surface area contributed by atoms with Gasteiger partial charge in [0.25, 0.3) is 0 Å². The second-order valence-electron chi connectivity index (χ2n) is 5.59. The first kappa shape index (κ1) is 12.3. The fraction of sp³-hybridized carbons (Fsp3) is 0.500. The number of aromatic nitrogens is 3. The number of aryl methyl sites for hydroxylation is 2. The number of nitrogens with zero attached hydrogens (tertiary/aromatic N) is 3. The second kappa shape index (κ2) is 4.42. The summed E-state index contributed by atoms with van der Waals surface area (Å²) in [5.74, 6) is 1.29. The molecule has 1 fully saturated rings. The third-order valence-electron chi connectivity index (χ3n) is 3.74. The summed E-state index contributed by atoms with van der Waals surface area (Å²) in [5, 5.41) is 7.43. The molecule has 3 rings (SSSR count). The van der Waals surface area contributed by atoms with E-state index in [-0.39, 0.29) is 5.41 Å². The second-order valence-corrected chi connectivity index (χ2v) is 5.59. The Bertz CT molecular complexity index is 599. The van der Waals surface area contributed by atoms with Crippen molar-refractivity contribution in [2.24, 2.45) is 0 Å². The minimum atomic E-state index is -0.0517. The Morgan fingerprint density at radius 1 is 1.37 bits per heavy atom. The summed E-state index contributed by atoms with van der Waals surface area (Å²) >= 11 is 0. The van der Waals surface area contributed by atoms with Gasteiger partial charge < -0.3 is 9.84 Å². The van der Waals surface area contributed by atoms with E-state index in [1.807, 2.05) is 20.0 Å². The zero-order chi connectivity index (χ0) is 13.5. The molecule has 5 nitrogen and oxygen atoms in total. The van der Waals surface area contributed by atoms with Gasteiger partial charge in [0.1, 0.15) is 5.69 Å². The molecule has 0 radical (unpaired) electrons. The fourth-order valence-electron chi connectivity index (χ4n) is 2.51. The van der Waals surface area contributed by atoms with Crippen LogP contribution in [0.2, 0.25) is 0 Å². The predicted octanol–water partition coefficient (Wildman–Crippen LogP) is 2.00. The molecule has 5 heteroatoms. The first-order valence-corrected chi connectivity index (χ1v) is 6.57. The van der Waals surface area contributed by atoms with E-state index in [9.17, 15) is 0 Å². The van der Waals surface area contributed by atoms with Gasteiger partial charge in [-0.2, -0.15) is 4.98 Å². The number of hydrogen-bond donors (Lipinski definition) is 1. The molecular formula is C14H18N4O. The molecule has 0 spiro atoms. The lowest BCUT2D eigenvalue weighted by atomic mass is 9.90. The molecule has 1 saturated heterocycles. The normalized spacial score (nSPS) is 22.9. The molecule has 0 amide bonds. The highest BCUT2D eigenvalue weighted by atomic mass is 16.5. The summed E-state index contributed by atoms with van der Waals surface area (Å²) < 4.78 is 5.45. The first-order chi connectivity index (χ1) is 9.08. The molecule has 1 N–H and O–H groups in total. The van der Waals surface area contributed by atoms with Gasteiger partial charge in [-0.25, -0.2) is 0 Å². The van der Waals surface area contributed by atoms with E-state index in [1.165, 1.54) is 0 Å². The molecule has 0 bridgehead atoms. The van der Waals surface area contributed by atoms with Gasteiger partial charge in [0, 0.05) is 12.7 Å². The summed E-state index contributed by atoms with van der Waals surface area (Å²) in [7, 11) is 0. The fourth-order valence-corrected chi connectivity index (χ4v) is 2.51. The summed E-state index contributed by atoms with van der Waals surface area (Å²) in [6, 6.07) is 2.08.